The van der Waals surface area contributed by atoms with Gasteiger partial charge in [0.05, 0.1) is 0 Å². The molecule has 98 valence electrons. The van der Waals surface area contributed by atoms with Crippen molar-refractivity contribution in [1.82, 2.24) is 4.90 Å². The third-order valence-corrected chi connectivity index (χ3v) is 1.99. The first-order valence-corrected chi connectivity index (χ1v) is 5.50. The Morgan fingerprint density at radius 2 is 1.56 bits per heavy atom. The molecular formula is C13H17NO4. The van der Waals surface area contributed by atoms with Crippen LogP contribution in [0.5, 0.6) is 0 Å². The zero-order valence-corrected chi connectivity index (χ0v) is 11.0. The number of hydrogen-bond donors (Lipinski definition) is 0. The number of allylic oxidation sites excluding steroid dienone is 4. The number of nitrogens with zero attached hydrogens (tertiary/aromatic N) is 1. The molecule has 0 aromatic rings. The fourth-order valence-electron chi connectivity index (χ4n) is 1.23. The Kier molecular flexibility index (Phi) is 4.31. The van der Waals surface area contributed by atoms with Gasteiger partial charge in [0.25, 0.3) is 5.79 Å². The lowest BCUT2D eigenvalue weighted by molar-refractivity contribution is -0.222. The van der Waals surface area contributed by atoms with E-state index in [2.05, 4.69) is 0 Å². The van der Waals surface area contributed by atoms with Gasteiger partial charge in [0.1, 0.15) is 5.57 Å². The Hall–Kier alpha value is -2.04. The molecular weight excluding hydrogens is 234 g/mol. The molecule has 1 saturated heterocycles. The van der Waals surface area contributed by atoms with Crippen LogP contribution in [-0.2, 0) is 19.1 Å². The number of ether oxygens (including phenoxy) is 2. The van der Waals surface area contributed by atoms with Gasteiger partial charge >= 0.3 is 11.9 Å². The maximum Gasteiger partial charge on any atom is 0.348 e. The topological polar surface area (TPSA) is 55.8 Å². The maximum atomic E-state index is 11.5. The molecule has 0 aliphatic carbocycles. The van der Waals surface area contributed by atoms with Gasteiger partial charge in [-0.25, -0.2) is 9.59 Å². The van der Waals surface area contributed by atoms with Gasteiger partial charge < -0.3 is 14.4 Å². The zero-order chi connectivity index (χ0) is 13.8. The van der Waals surface area contributed by atoms with Crippen molar-refractivity contribution in [1.29, 1.82) is 0 Å². The summed E-state index contributed by atoms with van der Waals surface area (Å²) in [5.41, 5.74) is -0.108. The van der Waals surface area contributed by atoms with E-state index < -0.39 is 17.7 Å². The minimum atomic E-state index is -1.19. The Morgan fingerprint density at radius 1 is 1.00 bits per heavy atom. The van der Waals surface area contributed by atoms with Crippen LogP contribution in [0.2, 0.25) is 0 Å². The molecule has 0 saturated carbocycles. The summed E-state index contributed by atoms with van der Waals surface area (Å²) < 4.78 is 9.88. The second-order valence-corrected chi connectivity index (χ2v) is 4.45. The number of cyclic esters (lactones) is 2. The lowest BCUT2D eigenvalue weighted by Crippen LogP contribution is -2.41. The highest BCUT2D eigenvalue weighted by Gasteiger charge is 2.38. The summed E-state index contributed by atoms with van der Waals surface area (Å²) in [6.07, 6.45) is 8.26. The molecule has 1 rings (SSSR count). The van der Waals surface area contributed by atoms with Gasteiger partial charge in [-0.3, -0.25) is 0 Å². The first-order valence-electron chi connectivity index (χ1n) is 5.50. The van der Waals surface area contributed by atoms with E-state index in [0.29, 0.717) is 0 Å². The van der Waals surface area contributed by atoms with Crippen molar-refractivity contribution < 1.29 is 19.1 Å². The average molecular weight is 251 g/mol. The molecule has 5 nitrogen and oxygen atoms in total. The van der Waals surface area contributed by atoms with Gasteiger partial charge in [-0.2, -0.15) is 0 Å². The third-order valence-electron chi connectivity index (χ3n) is 1.99. The number of esters is 2. The van der Waals surface area contributed by atoms with Crippen molar-refractivity contribution in [3.8, 4) is 0 Å². The minimum Gasteiger partial charge on any atom is -0.419 e. The second kappa shape index (κ2) is 5.53. The number of carbonyl (C=O) groups is 2. The van der Waals surface area contributed by atoms with E-state index in [4.69, 9.17) is 9.47 Å². The van der Waals surface area contributed by atoms with Crippen LogP contribution in [0.4, 0.5) is 0 Å². The van der Waals surface area contributed by atoms with E-state index >= 15 is 0 Å². The van der Waals surface area contributed by atoms with Gasteiger partial charge in [0.2, 0.25) is 0 Å². The van der Waals surface area contributed by atoms with Gasteiger partial charge in [-0.15, -0.1) is 0 Å². The van der Waals surface area contributed by atoms with Crippen molar-refractivity contribution in [2.45, 2.75) is 19.6 Å². The summed E-state index contributed by atoms with van der Waals surface area (Å²) in [5, 5.41) is 0. The molecule has 1 heterocycles. The molecule has 1 aliphatic rings. The molecule has 5 heteroatoms. The molecule has 0 unspecified atom stereocenters. The van der Waals surface area contributed by atoms with Crippen LogP contribution in [0.25, 0.3) is 0 Å². The quantitative estimate of drug-likeness (QED) is 0.328. The van der Waals surface area contributed by atoms with E-state index in [9.17, 15) is 9.59 Å². The molecule has 1 aliphatic heterocycles. The standard InChI is InChI=1S/C13H17NO4/c1-13(2)17-11(15)10(12(16)18-13)8-6-5-7-9-14(3)4/h5-9H,1-4H3/b6-5+,9-7+. The van der Waals surface area contributed by atoms with Gasteiger partial charge in [0, 0.05) is 27.9 Å². The lowest BCUT2D eigenvalue weighted by atomic mass is 10.2. The predicted molar refractivity (Wildman–Crippen MR) is 66.3 cm³/mol. The molecule has 0 aromatic heterocycles. The molecule has 0 radical (unpaired) electrons. The molecule has 0 spiro atoms. The number of rotatable bonds is 3. The molecule has 0 amide bonds. The summed E-state index contributed by atoms with van der Waals surface area (Å²) in [7, 11) is 3.78. The minimum absolute atomic E-state index is 0.108. The van der Waals surface area contributed by atoms with Crippen LogP contribution in [0.1, 0.15) is 13.8 Å². The maximum absolute atomic E-state index is 11.5. The summed E-state index contributed by atoms with van der Waals surface area (Å²) in [6.45, 7) is 3.02. The first kappa shape index (κ1) is 14.0. The van der Waals surface area contributed by atoms with Crippen molar-refractivity contribution >= 4 is 11.9 Å². The van der Waals surface area contributed by atoms with E-state index in [1.807, 2.05) is 25.2 Å². The van der Waals surface area contributed by atoms with Crippen LogP contribution < -0.4 is 0 Å². The van der Waals surface area contributed by atoms with E-state index in [-0.39, 0.29) is 5.57 Å². The van der Waals surface area contributed by atoms with Gasteiger partial charge in [0.15, 0.2) is 0 Å². The highest BCUT2D eigenvalue weighted by molar-refractivity contribution is 6.15. The second-order valence-electron chi connectivity index (χ2n) is 4.45. The van der Waals surface area contributed by atoms with E-state index in [1.54, 1.807) is 18.2 Å². The normalized spacial score (nSPS) is 19.0. The van der Waals surface area contributed by atoms with E-state index in [0.717, 1.165) is 0 Å². The SMILES string of the molecule is CN(C)/C=C/C=C/C=C1C(=O)OC(C)(C)OC1=O. The van der Waals surface area contributed by atoms with Crippen LogP contribution in [0.3, 0.4) is 0 Å². The number of hydrogen-bond acceptors (Lipinski definition) is 5. The third kappa shape index (κ3) is 4.08. The number of carbonyl (C=O) groups excluding carboxylic acids is 2. The first-order chi connectivity index (χ1) is 8.32. The smallest absolute Gasteiger partial charge is 0.348 e. The Labute approximate surface area is 106 Å². The largest absolute Gasteiger partial charge is 0.419 e. The Bertz CT molecular complexity index is 408. The summed E-state index contributed by atoms with van der Waals surface area (Å²) in [5.74, 6) is -2.53. The van der Waals surface area contributed by atoms with Crippen molar-refractivity contribution in [2.75, 3.05) is 14.1 Å². The summed E-state index contributed by atoms with van der Waals surface area (Å²) >= 11 is 0. The highest BCUT2D eigenvalue weighted by atomic mass is 16.7. The lowest BCUT2D eigenvalue weighted by Gasteiger charge is -2.29. The fourth-order valence-corrected chi connectivity index (χ4v) is 1.23. The van der Waals surface area contributed by atoms with Crippen molar-refractivity contribution in [3.63, 3.8) is 0 Å². The van der Waals surface area contributed by atoms with Crippen LogP contribution >= 0.6 is 0 Å². The molecule has 0 bridgehead atoms. The highest BCUT2D eigenvalue weighted by Crippen LogP contribution is 2.22. The van der Waals surface area contributed by atoms with Crippen molar-refractivity contribution in [2.24, 2.45) is 0 Å². The molecule has 0 N–H and O–H groups in total. The van der Waals surface area contributed by atoms with Gasteiger partial charge in [-0.05, 0) is 18.4 Å². The predicted octanol–water partition coefficient (Wildman–Crippen LogP) is 1.38. The van der Waals surface area contributed by atoms with Crippen LogP contribution in [-0.4, -0.2) is 36.7 Å². The Morgan fingerprint density at radius 3 is 2.06 bits per heavy atom. The fraction of sp³-hybridized carbons (Fsp3) is 0.385. The molecule has 1 fully saturated rings. The van der Waals surface area contributed by atoms with Crippen molar-refractivity contribution in [3.05, 3.63) is 36.1 Å². The molecule has 0 atom stereocenters. The summed E-state index contributed by atoms with van der Waals surface area (Å²) in [6, 6.07) is 0. The van der Waals surface area contributed by atoms with E-state index in [1.165, 1.54) is 19.9 Å². The molecule has 18 heavy (non-hydrogen) atoms. The van der Waals surface area contributed by atoms with Crippen LogP contribution in [0, 0.1) is 0 Å². The van der Waals surface area contributed by atoms with Gasteiger partial charge in [-0.1, -0.05) is 12.2 Å². The zero-order valence-electron chi connectivity index (χ0n) is 11.0. The molecule has 0 aromatic carbocycles. The van der Waals surface area contributed by atoms with Crippen LogP contribution in [0.15, 0.2) is 36.1 Å². The average Bonchev–Trinajstić information content (AvgIpc) is 2.18. The monoisotopic (exact) mass is 251 g/mol. The summed E-state index contributed by atoms with van der Waals surface area (Å²) in [4.78, 5) is 24.9. The Balaban J connectivity index is 2.72.